The Hall–Kier alpha value is -0.360. The number of anilines is 1. The summed E-state index contributed by atoms with van der Waals surface area (Å²) in [5.74, 6) is 4.31. The Kier molecular flexibility index (Phi) is 3.69. The number of nitrogens with one attached hydrogen (secondary N) is 1. The molecular weight excluding hydrogens is 242 g/mol. The van der Waals surface area contributed by atoms with E-state index in [1.165, 1.54) is 11.5 Å². The quantitative estimate of drug-likeness (QED) is 0.881. The van der Waals surface area contributed by atoms with Crippen LogP contribution in [0.3, 0.4) is 0 Å². The minimum Gasteiger partial charge on any atom is -0.333 e. The molecule has 4 nitrogen and oxygen atoms in total. The van der Waals surface area contributed by atoms with Crippen LogP contribution in [-0.4, -0.2) is 32.9 Å². The van der Waals surface area contributed by atoms with Gasteiger partial charge in [-0.2, -0.15) is 16.7 Å². The largest absolute Gasteiger partial charge is 0.333 e. The first-order chi connectivity index (χ1) is 7.54. The highest BCUT2D eigenvalue weighted by molar-refractivity contribution is 8.06. The first kappa shape index (κ1) is 12.1. The van der Waals surface area contributed by atoms with Crippen LogP contribution in [0.4, 0.5) is 6.01 Å². The smallest absolute Gasteiger partial charge is 0.321 e. The number of thioether (sulfide) groups is 2. The van der Waals surface area contributed by atoms with Gasteiger partial charge in [-0.15, -0.1) is 11.8 Å². The molecule has 2 rings (SSSR count). The molecule has 6 heteroatoms. The molecule has 1 saturated heterocycles. The van der Waals surface area contributed by atoms with Gasteiger partial charge in [0, 0.05) is 22.8 Å². The fourth-order valence-corrected chi connectivity index (χ4v) is 3.96. The highest BCUT2D eigenvalue weighted by Crippen LogP contribution is 2.35. The molecule has 0 saturated carbocycles. The number of aromatic nitrogens is 2. The molecule has 1 unspecified atom stereocenters. The molecule has 1 aliphatic heterocycles. The van der Waals surface area contributed by atoms with Gasteiger partial charge in [0.25, 0.3) is 0 Å². The van der Waals surface area contributed by atoms with Gasteiger partial charge in [-0.1, -0.05) is 5.16 Å². The fraction of sp³-hybridized carbons (Fsp3) is 0.800. The van der Waals surface area contributed by atoms with Gasteiger partial charge in [0.1, 0.15) is 0 Å². The van der Waals surface area contributed by atoms with E-state index in [4.69, 9.17) is 4.52 Å². The highest BCUT2D eigenvalue weighted by Gasteiger charge is 2.23. The zero-order valence-electron chi connectivity index (χ0n) is 9.82. The molecule has 16 heavy (non-hydrogen) atoms. The van der Waals surface area contributed by atoms with Gasteiger partial charge in [-0.25, -0.2) is 0 Å². The molecule has 1 aromatic rings. The number of hydrogen-bond donors (Lipinski definition) is 1. The molecule has 2 heterocycles. The van der Waals surface area contributed by atoms with Crippen molar-refractivity contribution in [2.75, 3.05) is 22.6 Å². The molecule has 0 spiro atoms. The van der Waals surface area contributed by atoms with Crippen LogP contribution in [-0.2, 0) is 0 Å². The summed E-state index contributed by atoms with van der Waals surface area (Å²) in [6, 6.07) is 0.527. The van der Waals surface area contributed by atoms with E-state index in [1.54, 1.807) is 0 Å². The molecule has 0 bridgehead atoms. The Morgan fingerprint density at radius 3 is 2.81 bits per heavy atom. The monoisotopic (exact) mass is 259 g/mol. The zero-order chi connectivity index (χ0) is 11.6. The van der Waals surface area contributed by atoms with Crippen molar-refractivity contribution in [3.63, 3.8) is 0 Å². The van der Waals surface area contributed by atoms with Crippen LogP contribution in [0.5, 0.6) is 0 Å². The maximum atomic E-state index is 5.20. The van der Waals surface area contributed by atoms with Crippen LogP contribution in [0, 0.1) is 0 Å². The molecule has 1 fully saturated rings. The zero-order valence-corrected chi connectivity index (χ0v) is 11.5. The minimum absolute atomic E-state index is 0.0434. The van der Waals surface area contributed by atoms with E-state index < -0.39 is 0 Å². The summed E-state index contributed by atoms with van der Waals surface area (Å²) < 4.78 is 5.20. The Morgan fingerprint density at radius 1 is 1.38 bits per heavy atom. The van der Waals surface area contributed by atoms with Gasteiger partial charge in [0.05, 0.1) is 5.25 Å². The SMILES string of the molecule is CC(C)(C)Nc1nc(C2CSCCS2)no1. The van der Waals surface area contributed by atoms with Gasteiger partial charge in [-0.3, -0.25) is 0 Å². The first-order valence-electron chi connectivity index (χ1n) is 5.36. The maximum absolute atomic E-state index is 5.20. The second-order valence-corrected chi connectivity index (χ2v) is 7.23. The van der Waals surface area contributed by atoms with E-state index in [1.807, 2.05) is 23.5 Å². The lowest BCUT2D eigenvalue weighted by molar-refractivity contribution is 0.412. The lowest BCUT2D eigenvalue weighted by Gasteiger charge is -2.18. The number of nitrogens with zero attached hydrogens (tertiary/aromatic N) is 2. The van der Waals surface area contributed by atoms with E-state index in [-0.39, 0.29) is 5.54 Å². The molecular formula is C10H17N3OS2. The Morgan fingerprint density at radius 2 is 2.19 bits per heavy atom. The molecule has 0 radical (unpaired) electrons. The molecule has 1 atom stereocenters. The van der Waals surface area contributed by atoms with Crippen molar-refractivity contribution in [1.29, 1.82) is 0 Å². The maximum Gasteiger partial charge on any atom is 0.321 e. The molecule has 1 N–H and O–H groups in total. The van der Waals surface area contributed by atoms with Crippen molar-refractivity contribution in [2.24, 2.45) is 0 Å². The van der Waals surface area contributed by atoms with Crippen LogP contribution in [0.15, 0.2) is 4.52 Å². The number of hydrogen-bond acceptors (Lipinski definition) is 6. The van der Waals surface area contributed by atoms with Crippen LogP contribution < -0.4 is 5.32 Å². The summed E-state index contributed by atoms with van der Waals surface area (Å²) in [6.07, 6.45) is 0. The Balaban J connectivity index is 2.01. The van der Waals surface area contributed by atoms with Gasteiger partial charge in [0.2, 0.25) is 0 Å². The first-order valence-corrected chi connectivity index (χ1v) is 7.56. The third kappa shape index (κ3) is 3.31. The molecule has 1 aromatic heterocycles. The summed E-state index contributed by atoms with van der Waals surface area (Å²) in [6.45, 7) is 6.21. The van der Waals surface area contributed by atoms with E-state index in [0.29, 0.717) is 11.3 Å². The molecule has 0 amide bonds. The second-order valence-electron chi connectivity index (χ2n) is 4.77. The lowest BCUT2D eigenvalue weighted by atomic mass is 10.1. The standard InChI is InChI=1S/C10H17N3OS2/c1-10(2,3)12-9-11-8(13-14-9)7-6-15-4-5-16-7/h7H,4-6H2,1-3H3,(H,11,12,13). The van der Waals surface area contributed by atoms with E-state index in [2.05, 4.69) is 36.2 Å². The Bertz CT molecular complexity index is 342. The highest BCUT2D eigenvalue weighted by atomic mass is 32.2. The molecule has 0 aromatic carbocycles. The van der Waals surface area contributed by atoms with Crippen LogP contribution in [0.2, 0.25) is 0 Å². The molecule has 0 aliphatic carbocycles. The van der Waals surface area contributed by atoms with Crippen molar-refractivity contribution < 1.29 is 4.52 Å². The van der Waals surface area contributed by atoms with Crippen molar-refractivity contribution in [1.82, 2.24) is 10.1 Å². The molecule has 1 aliphatic rings. The third-order valence-electron chi connectivity index (χ3n) is 2.03. The average molecular weight is 259 g/mol. The minimum atomic E-state index is -0.0434. The van der Waals surface area contributed by atoms with Crippen molar-refractivity contribution in [2.45, 2.75) is 31.6 Å². The predicted molar refractivity (Wildman–Crippen MR) is 70.2 cm³/mol. The summed E-state index contributed by atoms with van der Waals surface area (Å²) in [7, 11) is 0. The van der Waals surface area contributed by atoms with Gasteiger partial charge < -0.3 is 9.84 Å². The Labute approximate surface area is 104 Å². The normalized spacial score (nSPS) is 22.1. The van der Waals surface area contributed by atoms with E-state index >= 15 is 0 Å². The fourth-order valence-electron chi connectivity index (χ4n) is 1.37. The molecule has 90 valence electrons. The van der Waals surface area contributed by atoms with Gasteiger partial charge >= 0.3 is 6.01 Å². The third-order valence-corrected chi connectivity index (χ3v) is 4.78. The van der Waals surface area contributed by atoms with Crippen molar-refractivity contribution in [3.05, 3.63) is 5.82 Å². The van der Waals surface area contributed by atoms with Crippen LogP contribution in [0.1, 0.15) is 31.8 Å². The van der Waals surface area contributed by atoms with Crippen LogP contribution in [0.25, 0.3) is 0 Å². The predicted octanol–water partition coefficient (Wildman–Crippen LogP) is 2.80. The summed E-state index contributed by atoms with van der Waals surface area (Å²) in [4.78, 5) is 4.40. The van der Waals surface area contributed by atoms with Crippen molar-refractivity contribution in [3.8, 4) is 0 Å². The van der Waals surface area contributed by atoms with E-state index in [0.717, 1.165) is 11.6 Å². The van der Waals surface area contributed by atoms with Gasteiger partial charge in [0.15, 0.2) is 5.82 Å². The van der Waals surface area contributed by atoms with Crippen LogP contribution >= 0.6 is 23.5 Å². The lowest BCUT2D eigenvalue weighted by Crippen LogP contribution is -2.26. The van der Waals surface area contributed by atoms with Gasteiger partial charge in [-0.05, 0) is 20.8 Å². The average Bonchev–Trinajstić information content (AvgIpc) is 2.65. The summed E-state index contributed by atoms with van der Waals surface area (Å²) >= 11 is 3.87. The topological polar surface area (TPSA) is 51.0 Å². The van der Waals surface area contributed by atoms with Crippen molar-refractivity contribution >= 4 is 29.5 Å². The summed E-state index contributed by atoms with van der Waals surface area (Å²) in [5.41, 5.74) is -0.0434. The second kappa shape index (κ2) is 4.87. The number of rotatable bonds is 2. The van der Waals surface area contributed by atoms with E-state index in [9.17, 15) is 0 Å². The summed E-state index contributed by atoms with van der Waals surface area (Å²) in [5, 5.41) is 7.61.